The summed E-state index contributed by atoms with van der Waals surface area (Å²) >= 11 is 1.40. The Morgan fingerprint density at radius 3 is 2.58 bits per heavy atom. The topological polar surface area (TPSA) is 59.3 Å². The molecular formula is C17H11FN4OS. The van der Waals surface area contributed by atoms with Crippen LogP contribution in [-0.4, -0.2) is 20.5 Å². The van der Waals surface area contributed by atoms with Gasteiger partial charge >= 0.3 is 0 Å². The van der Waals surface area contributed by atoms with Crippen LogP contribution in [0.3, 0.4) is 0 Å². The number of nitrogens with one attached hydrogen (secondary N) is 1. The van der Waals surface area contributed by atoms with E-state index >= 15 is 0 Å². The molecule has 0 saturated carbocycles. The highest BCUT2D eigenvalue weighted by Gasteiger charge is 2.14. The summed E-state index contributed by atoms with van der Waals surface area (Å²) in [6.07, 6.45) is 0. The molecule has 0 radical (unpaired) electrons. The largest absolute Gasteiger partial charge is 0.289 e. The zero-order chi connectivity index (χ0) is 16.5. The van der Waals surface area contributed by atoms with Crippen LogP contribution in [0.2, 0.25) is 0 Å². The fraction of sp³-hybridized carbons (Fsp3) is 0. The van der Waals surface area contributed by atoms with Crippen LogP contribution in [-0.2, 0) is 0 Å². The molecule has 0 aliphatic carbocycles. The maximum atomic E-state index is 13.1. The Labute approximate surface area is 140 Å². The first-order valence-corrected chi connectivity index (χ1v) is 8.05. The summed E-state index contributed by atoms with van der Waals surface area (Å²) < 4.78 is 14.7. The van der Waals surface area contributed by atoms with E-state index in [0.717, 1.165) is 11.3 Å². The minimum Gasteiger partial charge on any atom is -0.289 e. The van der Waals surface area contributed by atoms with E-state index in [0.29, 0.717) is 10.5 Å². The molecule has 0 saturated heterocycles. The van der Waals surface area contributed by atoms with E-state index in [1.54, 1.807) is 40.9 Å². The standard InChI is InChI=1S/C17H11FN4OS/c18-13-8-6-11(7-9-13)14-10-24-17-20-16(21-22(14)17)19-15(23)12-4-2-1-3-5-12/h1-10H,(H,19,21,23). The Morgan fingerprint density at radius 2 is 1.83 bits per heavy atom. The summed E-state index contributed by atoms with van der Waals surface area (Å²) in [5, 5.41) is 8.91. The number of hydrogen-bond acceptors (Lipinski definition) is 4. The van der Waals surface area contributed by atoms with Crippen molar-refractivity contribution in [3.63, 3.8) is 0 Å². The van der Waals surface area contributed by atoms with Gasteiger partial charge in [-0.3, -0.25) is 10.1 Å². The fourth-order valence-corrected chi connectivity index (χ4v) is 3.15. The molecule has 7 heteroatoms. The number of amides is 1. The zero-order valence-electron chi connectivity index (χ0n) is 12.3. The second kappa shape index (κ2) is 5.86. The molecule has 2 heterocycles. The lowest BCUT2D eigenvalue weighted by molar-refractivity contribution is 0.102. The molecule has 0 fully saturated rings. The van der Waals surface area contributed by atoms with Gasteiger partial charge in [0.05, 0.1) is 5.69 Å². The van der Waals surface area contributed by atoms with Gasteiger partial charge in [-0.15, -0.1) is 16.4 Å². The van der Waals surface area contributed by atoms with Crippen LogP contribution in [0.15, 0.2) is 60.0 Å². The summed E-state index contributed by atoms with van der Waals surface area (Å²) in [6.45, 7) is 0. The van der Waals surface area contributed by atoms with Gasteiger partial charge in [-0.25, -0.2) is 8.91 Å². The van der Waals surface area contributed by atoms with Crippen LogP contribution in [0.1, 0.15) is 10.4 Å². The molecule has 4 aromatic rings. The highest BCUT2D eigenvalue weighted by atomic mass is 32.1. The van der Waals surface area contributed by atoms with Gasteiger partial charge < -0.3 is 0 Å². The van der Waals surface area contributed by atoms with Crippen molar-refractivity contribution in [2.45, 2.75) is 0 Å². The normalized spacial score (nSPS) is 10.9. The number of thiazole rings is 1. The second-order valence-electron chi connectivity index (χ2n) is 5.08. The molecule has 24 heavy (non-hydrogen) atoms. The monoisotopic (exact) mass is 338 g/mol. The van der Waals surface area contributed by atoms with E-state index in [1.165, 1.54) is 23.5 Å². The number of carbonyl (C=O) groups excluding carboxylic acids is 1. The Kier molecular flexibility index (Phi) is 3.55. The van der Waals surface area contributed by atoms with Crippen molar-refractivity contribution < 1.29 is 9.18 Å². The average molecular weight is 338 g/mol. The van der Waals surface area contributed by atoms with Crippen LogP contribution < -0.4 is 5.32 Å². The SMILES string of the molecule is O=C(Nc1nc2scc(-c3ccc(F)cc3)n2n1)c1ccccc1. The van der Waals surface area contributed by atoms with Gasteiger partial charge in [0.15, 0.2) is 0 Å². The van der Waals surface area contributed by atoms with Crippen molar-refractivity contribution in [3.8, 4) is 11.3 Å². The molecule has 0 aliphatic rings. The first kappa shape index (κ1) is 14.5. The Morgan fingerprint density at radius 1 is 1.08 bits per heavy atom. The molecule has 5 nitrogen and oxygen atoms in total. The number of benzene rings is 2. The van der Waals surface area contributed by atoms with E-state index in [1.807, 2.05) is 11.4 Å². The highest BCUT2D eigenvalue weighted by Crippen LogP contribution is 2.26. The van der Waals surface area contributed by atoms with Gasteiger partial charge in [-0.1, -0.05) is 18.2 Å². The van der Waals surface area contributed by atoms with Crippen LogP contribution >= 0.6 is 11.3 Å². The maximum absolute atomic E-state index is 13.1. The smallest absolute Gasteiger partial charge is 0.258 e. The Hall–Kier alpha value is -3.06. The van der Waals surface area contributed by atoms with Crippen molar-refractivity contribution >= 4 is 28.2 Å². The second-order valence-corrected chi connectivity index (χ2v) is 5.91. The highest BCUT2D eigenvalue weighted by molar-refractivity contribution is 7.15. The summed E-state index contributed by atoms with van der Waals surface area (Å²) in [5.41, 5.74) is 2.16. The molecular weight excluding hydrogens is 327 g/mol. The first-order valence-electron chi connectivity index (χ1n) is 7.17. The number of fused-ring (bicyclic) bond motifs is 1. The summed E-state index contributed by atoms with van der Waals surface area (Å²) in [7, 11) is 0. The molecule has 0 spiro atoms. The van der Waals surface area contributed by atoms with Crippen molar-refractivity contribution in [3.05, 3.63) is 71.4 Å². The molecule has 0 unspecified atom stereocenters. The molecule has 0 atom stereocenters. The van der Waals surface area contributed by atoms with E-state index in [2.05, 4.69) is 15.4 Å². The zero-order valence-corrected chi connectivity index (χ0v) is 13.1. The summed E-state index contributed by atoms with van der Waals surface area (Å²) in [4.78, 5) is 17.1. The first-order chi connectivity index (χ1) is 11.7. The minimum absolute atomic E-state index is 0.235. The van der Waals surface area contributed by atoms with Gasteiger partial charge in [-0.2, -0.15) is 4.98 Å². The third-order valence-corrected chi connectivity index (χ3v) is 4.30. The van der Waals surface area contributed by atoms with Crippen molar-refractivity contribution in [2.24, 2.45) is 0 Å². The summed E-state index contributed by atoms with van der Waals surface area (Å²) in [6, 6.07) is 15.0. The number of carbonyl (C=O) groups is 1. The molecule has 2 aromatic carbocycles. The maximum Gasteiger partial charge on any atom is 0.258 e. The predicted molar refractivity (Wildman–Crippen MR) is 90.7 cm³/mol. The van der Waals surface area contributed by atoms with E-state index in [4.69, 9.17) is 0 Å². The molecule has 118 valence electrons. The molecule has 0 aliphatic heterocycles. The lowest BCUT2D eigenvalue weighted by atomic mass is 10.2. The number of hydrogen-bond donors (Lipinski definition) is 1. The van der Waals surface area contributed by atoms with Crippen LogP contribution in [0.4, 0.5) is 10.3 Å². The number of nitrogens with zero attached hydrogens (tertiary/aromatic N) is 3. The van der Waals surface area contributed by atoms with E-state index in [9.17, 15) is 9.18 Å². The van der Waals surface area contributed by atoms with Gasteiger partial charge in [0.25, 0.3) is 11.9 Å². The minimum atomic E-state index is -0.292. The molecule has 2 aromatic heterocycles. The quantitative estimate of drug-likeness (QED) is 0.617. The lowest BCUT2D eigenvalue weighted by Gasteiger charge is -2.00. The predicted octanol–water partition coefficient (Wildman–Crippen LogP) is 3.85. The fourth-order valence-electron chi connectivity index (χ4n) is 2.32. The third kappa shape index (κ3) is 2.65. The average Bonchev–Trinajstić information content (AvgIpc) is 3.16. The van der Waals surface area contributed by atoms with E-state index in [-0.39, 0.29) is 17.7 Å². The van der Waals surface area contributed by atoms with Gasteiger partial charge in [-0.05, 0) is 36.4 Å². The van der Waals surface area contributed by atoms with E-state index < -0.39 is 0 Å². The summed E-state index contributed by atoms with van der Waals surface area (Å²) in [5.74, 6) is -0.323. The van der Waals surface area contributed by atoms with Crippen LogP contribution in [0.25, 0.3) is 16.2 Å². The molecule has 0 bridgehead atoms. The van der Waals surface area contributed by atoms with Gasteiger partial charge in [0.1, 0.15) is 5.82 Å². The van der Waals surface area contributed by atoms with Crippen molar-refractivity contribution in [1.82, 2.24) is 14.6 Å². The Bertz CT molecular complexity index is 1010. The van der Waals surface area contributed by atoms with Crippen LogP contribution in [0.5, 0.6) is 0 Å². The van der Waals surface area contributed by atoms with Crippen molar-refractivity contribution in [2.75, 3.05) is 5.32 Å². The van der Waals surface area contributed by atoms with Crippen LogP contribution in [0, 0.1) is 5.82 Å². The van der Waals surface area contributed by atoms with Gasteiger partial charge in [0, 0.05) is 16.5 Å². The number of rotatable bonds is 3. The third-order valence-electron chi connectivity index (χ3n) is 3.48. The molecule has 1 N–H and O–H groups in total. The number of anilines is 1. The van der Waals surface area contributed by atoms with Crippen molar-refractivity contribution in [1.29, 1.82) is 0 Å². The molecule has 1 amide bonds. The number of aromatic nitrogens is 3. The Balaban J connectivity index is 1.65. The lowest BCUT2D eigenvalue weighted by Crippen LogP contribution is -2.12. The number of halogens is 1. The van der Waals surface area contributed by atoms with Gasteiger partial charge in [0.2, 0.25) is 4.96 Å². The molecule has 4 rings (SSSR count).